The Labute approximate surface area is 175 Å². The predicted octanol–water partition coefficient (Wildman–Crippen LogP) is 4.19. The Morgan fingerprint density at radius 3 is 2.83 bits per heavy atom. The number of aromatic hydroxyl groups is 1. The zero-order valence-corrected chi connectivity index (χ0v) is 17.0. The number of aliphatic hydroxyl groups is 1. The van der Waals surface area contributed by atoms with Crippen molar-refractivity contribution in [3.8, 4) is 5.75 Å². The van der Waals surface area contributed by atoms with Gasteiger partial charge in [0.05, 0.1) is 16.1 Å². The van der Waals surface area contributed by atoms with Crippen molar-refractivity contribution in [1.29, 1.82) is 0 Å². The number of rotatable bonds is 3. The Balaban J connectivity index is 1.70. The molecule has 3 aromatic rings. The SMILES string of the molecule is C=CCN1CC[C@@]2(c3cccc(O)c3)Cc3[nH]c4c(Cl)cccc4c3C[C@]2(O)C1. The van der Waals surface area contributed by atoms with Gasteiger partial charge in [0.2, 0.25) is 0 Å². The number of benzene rings is 2. The molecule has 2 aliphatic rings. The van der Waals surface area contributed by atoms with Gasteiger partial charge >= 0.3 is 0 Å². The summed E-state index contributed by atoms with van der Waals surface area (Å²) in [6.07, 6.45) is 3.94. The molecule has 2 heterocycles. The monoisotopic (exact) mass is 408 g/mol. The highest BCUT2D eigenvalue weighted by atomic mass is 35.5. The standard InChI is InChI=1S/C24H25ClN2O2/c1-2-10-27-11-9-23(16-5-3-6-17(28)12-16)14-21-19(13-24(23,29)15-27)18-7-4-8-20(25)22(18)26-21/h2-8,12,26,28-29H,1,9-11,13-15H2/t23-,24-/m0/s1. The van der Waals surface area contributed by atoms with E-state index in [0.717, 1.165) is 47.2 Å². The molecule has 3 N–H and O–H groups in total. The second kappa shape index (κ2) is 6.63. The zero-order chi connectivity index (χ0) is 20.2. The van der Waals surface area contributed by atoms with Gasteiger partial charge in [-0.05, 0) is 42.3 Å². The number of phenols is 1. The molecule has 2 atom stereocenters. The number of piperidine rings is 1. The van der Waals surface area contributed by atoms with E-state index in [9.17, 15) is 10.2 Å². The van der Waals surface area contributed by atoms with Crippen LogP contribution in [0.1, 0.15) is 23.2 Å². The van der Waals surface area contributed by atoms with Gasteiger partial charge < -0.3 is 15.2 Å². The summed E-state index contributed by atoms with van der Waals surface area (Å²) in [5, 5.41) is 24.1. The van der Waals surface area contributed by atoms with E-state index in [0.29, 0.717) is 24.4 Å². The minimum absolute atomic E-state index is 0.234. The largest absolute Gasteiger partial charge is 0.508 e. The highest BCUT2D eigenvalue weighted by Crippen LogP contribution is 2.52. The van der Waals surface area contributed by atoms with Gasteiger partial charge in [0.25, 0.3) is 0 Å². The van der Waals surface area contributed by atoms with E-state index in [-0.39, 0.29) is 5.75 Å². The molecule has 0 radical (unpaired) electrons. The van der Waals surface area contributed by atoms with Crippen LogP contribution in [0.5, 0.6) is 5.75 Å². The lowest BCUT2D eigenvalue weighted by molar-refractivity contribution is -0.100. The molecule has 0 bridgehead atoms. The normalized spacial score (nSPS) is 26.8. The number of hydrogen-bond acceptors (Lipinski definition) is 3. The van der Waals surface area contributed by atoms with E-state index < -0.39 is 11.0 Å². The van der Waals surface area contributed by atoms with E-state index in [1.54, 1.807) is 6.07 Å². The number of H-pyrrole nitrogens is 1. The van der Waals surface area contributed by atoms with Gasteiger partial charge in [-0.15, -0.1) is 6.58 Å². The average Bonchev–Trinajstić information content (AvgIpc) is 3.04. The first-order valence-corrected chi connectivity index (χ1v) is 10.5. The van der Waals surface area contributed by atoms with Crippen molar-refractivity contribution in [2.24, 2.45) is 0 Å². The molecular formula is C24H25ClN2O2. The van der Waals surface area contributed by atoms with Gasteiger partial charge in [-0.2, -0.15) is 0 Å². The van der Waals surface area contributed by atoms with Crippen molar-refractivity contribution in [2.45, 2.75) is 30.3 Å². The third kappa shape index (κ3) is 2.74. The Morgan fingerprint density at radius 1 is 1.21 bits per heavy atom. The van der Waals surface area contributed by atoms with Crippen LogP contribution >= 0.6 is 11.6 Å². The van der Waals surface area contributed by atoms with E-state index in [2.05, 4.69) is 22.5 Å². The molecule has 4 nitrogen and oxygen atoms in total. The Morgan fingerprint density at radius 2 is 2.03 bits per heavy atom. The second-order valence-corrected chi connectivity index (χ2v) is 8.94. The Bertz CT molecular complexity index is 1110. The van der Waals surface area contributed by atoms with Crippen molar-refractivity contribution in [2.75, 3.05) is 19.6 Å². The van der Waals surface area contributed by atoms with Gasteiger partial charge in [0.1, 0.15) is 5.75 Å². The lowest BCUT2D eigenvalue weighted by atomic mass is 9.56. The summed E-state index contributed by atoms with van der Waals surface area (Å²) in [4.78, 5) is 5.81. The zero-order valence-electron chi connectivity index (χ0n) is 16.3. The molecule has 0 spiro atoms. The maximum atomic E-state index is 12.2. The summed E-state index contributed by atoms with van der Waals surface area (Å²) in [7, 11) is 0. The van der Waals surface area contributed by atoms with E-state index in [1.807, 2.05) is 36.4 Å². The molecule has 1 aliphatic carbocycles. The molecule has 0 amide bonds. The minimum Gasteiger partial charge on any atom is -0.508 e. The van der Waals surface area contributed by atoms with Crippen LogP contribution in [0.15, 0.2) is 55.1 Å². The molecule has 2 aromatic carbocycles. The van der Waals surface area contributed by atoms with Crippen LogP contribution in [-0.2, 0) is 18.3 Å². The molecule has 29 heavy (non-hydrogen) atoms. The van der Waals surface area contributed by atoms with Crippen LogP contribution in [0.4, 0.5) is 0 Å². The van der Waals surface area contributed by atoms with Crippen LogP contribution in [0.25, 0.3) is 10.9 Å². The fraction of sp³-hybridized carbons (Fsp3) is 0.333. The van der Waals surface area contributed by atoms with Gasteiger partial charge in [-0.3, -0.25) is 4.90 Å². The molecule has 1 saturated heterocycles. The maximum Gasteiger partial charge on any atom is 0.115 e. The highest BCUT2D eigenvalue weighted by Gasteiger charge is 2.57. The lowest BCUT2D eigenvalue weighted by Crippen LogP contribution is -2.66. The number of hydrogen-bond donors (Lipinski definition) is 3. The van der Waals surface area contributed by atoms with Crippen LogP contribution in [-0.4, -0.2) is 45.3 Å². The highest BCUT2D eigenvalue weighted by molar-refractivity contribution is 6.35. The Kier molecular flexibility index (Phi) is 4.28. The summed E-state index contributed by atoms with van der Waals surface area (Å²) in [6, 6.07) is 13.3. The number of nitrogens with zero attached hydrogens (tertiary/aromatic N) is 1. The molecule has 5 rings (SSSR count). The quantitative estimate of drug-likeness (QED) is 0.569. The smallest absolute Gasteiger partial charge is 0.115 e. The topological polar surface area (TPSA) is 59.5 Å². The van der Waals surface area contributed by atoms with Crippen molar-refractivity contribution in [3.63, 3.8) is 0 Å². The van der Waals surface area contributed by atoms with E-state index >= 15 is 0 Å². The van der Waals surface area contributed by atoms with E-state index in [1.165, 1.54) is 0 Å². The minimum atomic E-state index is -0.952. The van der Waals surface area contributed by atoms with Gasteiger partial charge in [0.15, 0.2) is 0 Å². The first-order valence-electron chi connectivity index (χ1n) is 10.1. The van der Waals surface area contributed by atoms with Gasteiger partial charge in [-0.25, -0.2) is 0 Å². The lowest BCUT2D eigenvalue weighted by Gasteiger charge is -2.56. The van der Waals surface area contributed by atoms with Crippen molar-refractivity contribution < 1.29 is 10.2 Å². The number of aromatic amines is 1. The molecule has 0 saturated carbocycles. The molecule has 5 heteroatoms. The predicted molar refractivity (Wildman–Crippen MR) is 117 cm³/mol. The van der Waals surface area contributed by atoms with Crippen LogP contribution in [0, 0.1) is 0 Å². The number of likely N-dealkylation sites (tertiary alicyclic amines) is 1. The number of fused-ring (bicyclic) bond motifs is 4. The number of halogens is 1. The summed E-state index contributed by atoms with van der Waals surface area (Å²) in [5.41, 5.74) is 2.81. The number of aromatic nitrogens is 1. The summed E-state index contributed by atoms with van der Waals surface area (Å²) in [5.74, 6) is 0.234. The molecule has 1 aromatic heterocycles. The molecule has 1 aliphatic heterocycles. The fourth-order valence-corrected chi connectivity index (χ4v) is 5.78. The molecular weight excluding hydrogens is 384 g/mol. The molecule has 150 valence electrons. The van der Waals surface area contributed by atoms with Crippen molar-refractivity contribution in [3.05, 3.63) is 77.0 Å². The summed E-state index contributed by atoms with van der Waals surface area (Å²) >= 11 is 6.46. The number of nitrogens with one attached hydrogen (secondary N) is 1. The molecule has 0 unspecified atom stereocenters. The summed E-state index contributed by atoms with van der Waals surface area (Å²) < 4.78 is 0. The number of phenolic OH excluding ortho intramolecular Hbond substituents is 1. The van der Waals surface area contributed by atoms with Crippen molar-refractivity contribution in [1.82, 2.24) is 9.88 Å². The van der Waals surface area contributed by atoms with Gasteiger partial charge in [0, 0.05) is 42.4 Å². The van der Waals surface area contributed by atoms with Crippen molar-refractivity contribution >= 4 is 22.5 Å². The first kappa shape index (κ1) is 18.7. The fourth-order valence-electron chi connectivity index (χ4n) is 5.56. The van der Waals surface area contributed by atoms with E-state index in [4.69, 9.17) is 11.6 Å². The third-order valence-electron chi connectivity index (χ3n) is 6.94. The van der Waals surface area contributed by atoms with Crippen LogP contribution < -0.4 is 0 Å². The second-order valence-electron chi connectivity index (χ2n) is 8.54. The first-order chi connectivity index (χ1) is 14.0. The number of para-hydroxylation sites is 1. The summed E-state index contributed by atoms with van der Waals surface area (Å²) in [6.45, 7) is 6.07. The van der Waals surface area contributed by atoms with Crippen LogP contribution in [0.2, 0.25) is 5.02 Å². The van der Waals surface area contributed by atoms with Crippen LogP contribution in [0.3, 0.4) is 0 Å². The Hall–Kier alpha value is -2.27. The average molecular weight is 409 g/mol. The molecule has 1 fully saturated rings. The number of β-amino-alcohol motifs (C(OH)–C–C–N with tert-alkyl or cyclic N) is 1. The van der Waals surface area contributed by atoms with Gasteiger partial charge in [-0.1, -0.05) is 41.9 Å². The third-order valence-corrected chi connectivity index (χ3v) is 7.26. The maximum absolute atomic E-state index is 12.2.